The van der Waals surface area contributed by atoms with Gasteiger partial charge >= 0.3 is 0 Å². The molecule has 0 spiro atoms. The van der Waals surface area contributed by atoms with Crippen LogP contribution in [-0.4, -0.2) is 34.1 Å². The number of nitrogens with zero attached hydrogens (tertiary/aromatic N) is 3. The number of aromatic nitrogens is 4. The molecule has 0 aliphatic carbocycles. The summed E-state index contributed by atoms with van der Waals surface area (Å²) >= 11 is 0. The van der Waals surface area contributed by atoms with E-state index in [1.165, 1.54) is 0 Å². The molecule has 26 heavy (non-hydrogen) atoms. The molecule has 0 unspecified atom stereocenters. The van der Waals surface area contributed by atoms with Gasteiger partial charge in [-0.1, -0.05) is 6.07 Å². The molecule has 3 aromatic rings. The zero-order chi connectivity index (χ0) is 19.1. The molecular weight excluding hydrogens is 354 g/mol. The van der Waals surface area contributed by atoms with Crippen LogP contribution in [0, 0.1) is 27.7 Å². The Balaban J connectivity index is 1.99. The molecule has 0 bridgehead atoms. The maximum atomic E-state index is 12.5. The highest BCUT2D eigenvalue weighted by molar-refractivity contribution is 7.89. The van der Waals surface area contributed by atoms with E-state index in [1.54, 1.807) is 13.0 Å². The molecule has 0 saturated carbocycles. The highest BCUT2D eigenvalue weighted by Crippen LogP contribution is 2.23. The smallest absolute Gasteiger partial charge is 0.299 e. The number of carbonyl (C=O) groups excluding carboxylic acids is 1. The lowest BCUT2D eigenvalue weighted by Crippen LogP contribution is -2.31. The monoisotopic (exact) mass is 373 g/mol. The van der Waals surface area contributed by atoms with Gasteiger partial charge in [0.1, 0.15) is 6.33 Å². The lowest BCUT2D eigenvalue weighted by molar-refractivity contribution is 0.0980. The number of aryl methyl sites for hydroxylation is 3. The van der Waals surface area contributed by atoms with Gasteiger partial charge in [-0.2, -0.15) is 13.5 Å². The van der Waals surface area contributed by atoms with Gasteiger partial charge in [0.05, 0.1) is 5.56 Å². The SMILES string of the molecule is Cc1cc(C)cc(-n2c(C)cc(C(=O)NS(=O)(=O)c3ncn[nH]3)c2C)c1. The molecule has 0 aliphatic heterocycles. The van der Waals surface area contributed by atoms with E-state index in [2.05, 4.69) is 21.2 Å². The van der Waals surface area contributed by atoms with Gasteiger partial charge in [-0.3, -0.25) is 4.79 Å². The predicted octanol–water partition coefficient (Wildman–Crippen LogP) is 1.95. The highest BCUT2D eigenvalue weighted by atomic mass is 32.2. The fraction of sp³-hybridized carbons (Fsp3) is 0.235. The molecule has 0 fully saturated rings. The Bertz CT molecular complexity index is 1060. The first-order valence-electron chi connectivity index (χ1n) is 7.89. The summed E-state index contributed by atoms with van der Waals surface area (Å²) in [6, 6.07) is 7.76. The van der Waals surface area contributed by atoms with Crippen LogP contribution in [0.15, 0.2) is 35.7 Å². The van der Waals surface area contributed by atoms with Crippen LogP contribution < -0.4 is 4.72 Å². The topological polar surface area (TPSA) is 110 Å². The lowest BCUT2D eigenvalue weighted by atomic mass is 10.1. The third-order valence-electron chi connectivity index (χ3n) is 4.01. The van der Waals surface area contributed by atoms with E-state index in [9.17, 15) is 13.2 Å². The van der Waals surface area contributed by atoms with Crippen molar-refractivity contribution in [2.75, 3.05) is 0 Å². The van der Waals surface area contributed by atoms with Crippen LogP contribution in [0.25, 0.3) is 5.69 Å². The van der Waals surface area contributed by atoms with Crippen molar-refractivity contribution in [3.8, 4) is 5.69 Å². The van der Waals surface area contributed by atoms with Crippen LogP contribution in [-0.2, 0) is 10.0 Å². The number of sulfonamides is 1. The van der Waals surface area contributed by atoms with E-state index in [1.807, 2.05) is 42.2 Å². The maximum absolute atomic E-state index is 12.5. The molecule has 0 atom stereocenters. The van der Waals surface area contributed by atoms with E-state index in [4.69, 9.17) is 0 Å². The Hall–Kier alpha value is -2.94. The molecule has 8 nitrogen and oxygen atoms in total. The van der Waals surface area contributed by atoms with Crippen molar-refractivity contribution in [2.45, 2.75) is 32.9 Å². The number of carbonyl (C=O) groups is 1. The zero-order valence-corrected chi connectivity index (χ0v) is 15.7. The summed E-state index contributed by atoms with van der Waals surface area (Å²) in [5.41, 5.74) is 4.89. The number of hydrogen-bond acceptors (Lipinski definition) is 5. The average Bonchev–Trinajstić information content (AvgIpc) is 3.14. The van der Waals surface area contributed by atoms with Gasteiger partial charge in [0.2, 0.25) is 0 Å². The van der Waals surface area contributed by atoms with Crippen molar-refractivity contribution in [1.82, 2.24) is 24.5 Å². The third kappa shape index (κ3) is 3.25. The van der Waals surface area contributed by atoms with E-state index < -0.39 is 21.1 Å². The summed E-state index contributed by atoms with van der Waals surface area (Å²) in [4.78, 5) is 16.1. The Morgan fingerprint density at radius 3 is 2.31 bits per heavy atom. The molecule has 3 rings (SSSR count). The quantitative estimate of drug-likeness (QED) is 0.726. The Kier molecular flexibility index (Phi) is 4.41. The fourth-order valence-corrected chi connectivity index (χ4v) is 3.83. The minimum absolute atomic E-state index is 0.282. The normalized spacial score (nSPS) is 11.5. The van der Waals surface area contributed by atoms with Gasteiger partial charge in [-0.15, -0.1) is 0 Å². The summed E-state index contributed by atoms with van der Waals surface area (Å²) in [6.07, 6.45) is 1.06. The average molecular weight is 373 g/mol. The second-order valence-corrected chi connectivity index (χ2v) is 7.79. The maximum Gasteiger partial charge on any atom is 0.299 e. The van der Waals surface area contributed by atoms with Gasteiger partial charge in [-0.05, 0) is 57.0 Å². The Morgan fingerprint density at radius 2 is 1.73 bits per heavy atom. The molecule has 2 N–H and O–H groups in total. The largest absolute Gasteiger partial charge is 0.318 e. The summed E-state index contributed by atoms with van der Waals surface area (Å²) in [6.45, 7) is 7.65. The second-order valence-electron chi connectivity index (χ2n) is 6.19. The van der Waals surface area contributed by atoms with Gasteiger partial charge < -0.3 is 4.57 Å². The molecule has 2 aromatic heterocycles. The van der Waals surface area contributed by atoms with Crippen LogP contribution in [0.4, 0.5) is 0 Å². The molecule has 2 heterocycles. The third-order valence-corrected chi connectivity index (χ3v) is 5.17. The number of aromatic amines is 1. The molecule has 0 radical (unpaired) electrons. The molecule has 1 amide bonds. The molecule has 136 valence electrons. The predicted molar refractivity (Wildman–Crippen MR) is 95.8 cm³/mol. The molecule has 0 saturated heterocycles. The number of benzene rings is 1. The first-order chi connectivity index (χ1) is 12.2. The van der Waals surface area contributed by atoms with Crippen LogP contribution in [0.3, 0.4) is 0 Å². The van der Waals surface area contributed by atoms with Crippen LogP contribution in [0.5, 0.6) is 0 Å². The van der Waals surface area contributed by atoms with E-state index in [-0.39, 0.29) is 5.56 Å². The Labute approximate surface area is 151 Å². The zero-order valence-electron chi connectivity index (χ0n) is 14.9. The van der Waals surface area contributed by atoms with Crippen LogP contribution in [0.2, 0.25) is 0 Å². The van der Waals surface area contributed by atoms with Gasteiger partial charge in [0.25, 0.3) is 21.1 Å². The van der Waals surface area contributed by atoms with Crippen molar-refractivity contribution in [3.63, 3.8) is 0 Å². The van der Waals surface area contributed by atoms with Crippen molar-refractivity contribution in [2.24, 2.45) is 0 Å². The molecule has 9 heteroatoms. The van der Waals surface area contributed by atoms with Crippen LogP contribution in [0.1, 0.15) is 32.9 Å². The number of hydrogen-bond donors (Lipinski definition) is 2. The van der Waals surface area contributed by atoms with Gasteiger partial charge in [0.15, 0.2) is 0 Å². The number of H-pyrrole nitrogens is 1. The summed E-state index contributed by atoms with van der Waals surface area (Å²) < 4.78 is 28.3. The van der Waals surface area contributed by atoms with Crippen molar-refractivity contribution in [1.29, 1.82) is 0 Å². The van der Waals surface area contributed by atoms with Crippen molar-refractivity contribution in [3.05, 3.63) is 58.7 Å². The summed E-state index contributed by atoms with van der Waals surface area (Å²) in [5, 5.41) is 5.32. The van der Waals surface area contributed by atoms with Crippen molar-refractivity contribution >= 4 is 15.9 Å². The second kappa shape index (κ2) is 6.41. The first-order valence-corrected chi connectivity index (χ1v) is 9.37. The van der Waals surface area contributed by atoms with Gasteiger partial charge in [0, 0.05) is 17.1 Å². The minimum atomic E-state index is -4.10. The van der Waals surface area contributed by atoms with Crippen LogP contribution >= 0.6 is 0 Å². The lowest BCUT2D eigenvalue weighted by Gasteiger charge is -2.12. The number of nitrogens with one attached hydrogen (secondary N) is 2. The molecule has 0 aliphatic rings. The summed E-state index contributed by atoms with van der Waals surface area (Å²) in [7, 11) is -4.10. The summed E-state index contributed by atoms with van der Waals surface area (Å²) in [5.74, 6) is -0.717. The van der Waals surface area contributed by atoms with Crippen molar-refractivity contribution < 1.29 is 13.2 Å². The van der Waals surface area contributed by atoms with E-state index >= 15 is 0 Å². The van der Waals surface area contributed by atoms with E-state index in [0.29, 0.717) is 5.69 Å². The molecular formula is C17H19N5O3S. The standard InChI is InChI=1S/C17H19N5O3S/c1-10-5-11(2)7-14(6-10)22-12(3)8-15(13(22)4)16(23)21-26(24,25)17-18-9-19-20-17/h5-9H,1-4H3,(H,21,23)(H,18,19,20). The Morgan fingerprint density at radius 1 is 1.08 bits per heavy atom. The highest BCUT2D eigenvalue weighted by Gasteiger charge is 2.24. The minimum Gasteiger partial charge on any atom is -0.318 e. The fourth-order valence-electron chi connectivity index (χ4n) is 3.02. The number of rotatable bonds is 4. The van der Waals surface area contributed by atoms with Gasteiger partial charge in [-0.25, -0.2) is 14.8 Å². The first kappa shape index (κ1) is 17.9. The molecule has 1 aromatic carbocycles. The van der Waals surface area contributed by atoms with E-state index in [0.717, 1.165) is 28.8 Å². The number of amides is 1.